The molecule has 3 rings (SSSR count). The SMILES string of the molecule is Cc1ncsc1CCNC(=O)N1CCCC[C@@H]1CCc1ccccn1. The zero-order valence-corrected chi connectivity index (χ0v) is 15.6. The van der Waals surface area contributed by atoms with Crippen molar-refractivity contribution in [1.82, 2.24) is 20.2 Å². The van der Waals surface area contributed by atoms with Crippen molar-refractivity contribution in [2.45, 2.75) is 51.5 Å². The minimum atomic E-state index is 0.0767. The van der Waals surface area contributed by atoms with Crippen LogP contribution in [0.3, 0.4) is 0 Å². The number of urea groups is 1. The first-order valence-corrected chi connectivity index (χ1v) is 9.95. The predicted molar refractivity (Wildman–Crippen MR) is 101 cm³/mol. The van der Waals surface area contributed by atoms with Crippen molar-refractivity contribution in [2.24, 2.45) is 0 Å². The second-order valence-corrected chi connectivity index (χ2v) is 7.48. The molecule has 2 aromatic rings. The highest BCUT2D eigenvalue weighted by molar-refractivity contribution is 7.09. The average Bonchev–Trinajstić information content (AvgIpc) is 3.06. The molecule has 1 fully saturated rings. The summed E-state index contributed by atoms with van der Waals surface area (Å²) in [5.41, 5.74) is 4.05. The first-order valence-electron chi connectivity index (χ1n) is 9.07. The molecule has 2 aromatic heterocycles. The molecule has 0 saturated carbocycles. The lowest BCUT2D eigenvalue weighted by Gasteiger charge is -2.35. The fraction of sp³-hybridized carbons (Fsp3) is 0.526. The van der Waals surface area contributed by atoms with Crippen LogP contribution >= 0.6 is 11.3 Å². The summed E-state index contributed by atoms with van der Waals surface area (Å²) >= 11 is 1.66. The van der Waals surface area contributed by atoms with Crippen molar-refractivity contribution in [3.05, 3.63) is 46.2 Å². The number of aryl methyl sites for hydroxylation is 2. The number of nitrogens with zero attached hydrogens (tertiary/aromatic N) is 3. The largest absolute Gasteiger partial charge is 0.338 e. The van der Waals surface area contributed by atoms with Gasteiger partial charge in [0, 0.05) is 42.3 Å². The number of piperidine rings is 1. The van der Waals surface area contributed by atoms with Gasteiger partial charge in [-0.05, 0) is 51.2 Å². The third kappa shape index (κ3) is 5.01. The summed E-state index contributed by atoms with van der Waals surface area (Å²) in [6.07, 6.45) is 8.00. The van der Waals surface area contributed by atoms with Crippen LogP contribution in [0.1, 0.15) is 41.9 Å². The molecular formula is C19H26N4OS. The van der Waals surface area contributed by atoms with Crippen molar-refractivity contribution in [1.29, 1.82) is 0 Å². The molecule has 1 aliphatic heterocycles. The maximum Gasteiger partial charge on any atom is 0.317 e. The van der Waals surface area contributed by atoms with E-state index in [1.165, 1.54) is 11.3 Å². The second kappa shape index (κ2) is 8.94. The van der Waals surface area contributed by atoms with Gasteiger partial charge in [0.05, 0.1) is 11.2 Å². The molecule has 0 unspecified atom stereocenters. The summed E-state index contributed by atoms with van der Waals surface area (Å²) < 4.78 is 0. The molecule has 1 aliphatic rings. The quantitative estimate of drug-likeness (QED) is 0.858. The van der Waals surface area contributed by atoms with Crippen molar-refractivity contribution < 1.29 is 4.79 Å². The van der Waals surface area contributed by atoms with E-state index in [1.54, 1.807) is 11.3 Å². The smallest absolute Gasteiger partial charge is 0.317 e. The second-order valence-electron chi connectivity index (χ2n) is 6.55. The molecule has 1 N–H and O–H groups in total. The molecule has 0 bridgehead atoms. The standard InChI is InChI=1S/C19H26N4OS/c1-15-18(25-14-22-15)10-12-21-19(24)23-13-5-3-7-17(23)9-8-16-6-2-4-11-20-16/h2,4,6,11,14,17H,3,5,7-10,12-13H2,1H3,(H,21,24)/t17-/m1/s1. The molecule has 1 atom stereocenters. The number of amides is 2. The Morgan fingerprint density at radius 3 is 3.00 bits per heavy atom. The lowest BCUT2D eigenvalue weighted by molar-refractivity contribution is 0.146. The van der Waals surface area contributed by atoms with Gasteiger partial charge in [-0.2, -0.15) is 0 Å². The van der Waals surface area contributed by atoms with E-state index >= 15 is 0 Å². The van der Waals surface area contributed by atoms with E-state index in [2.05, 4.69) is 21.4 Å². The summed E-state index contributed by atoms with van der Waals surface area (Å²) in [4.78, 5) is 24.6. The highest BCUT2D eigenvalue weighted by atomic mass is 32.1. The summed E-state index contributed by atoms with van der Waals surface area (Å²) in [7, 11) is 0. The fourth-order valence-corrected chi connectivity index (χ4v) is 4.16. The molecule has 3 heterocycles. The van der Waals surface area contributed by atoms with Crippen molar-refractivity contribution in [3.63, 3.8) is 0 Å². The maximum absolute atomic E-state index is 12.6. The number of thiazole rings is 1. The Labute approximate surface area is 153 Å². The minimum absolute atomic E-state index is 0.0767. The Balaban J connectivity index is 1.49. The van der Waals surface area contributed by atoms with Crippen LogP contribution in [0.15, 0.2) is 29.9 Å². The van der Waals surface area contributed by atoms with Crippen LogP contribution in [0.25, 0.3) is 0 Å². The van der Waals surface area contributed by atoms with Crippen LogP contribution in [0.5, 0.6) is 0 Å². The van der Waals surface area contributed by atoms with Gasteiger partial charge in [0.25, 0.3) is 0 Å². The molecule has 1 saturated heterocycles. The number of hydrogen-bond acceptors (Lipinski definition) is 4. The first-order chi connectivity index (χ1) is 12.2. The van der Waals surface area contributed by atoms with Crippen LogP contribution in [-0.4, -0.2) is 40.0 Å². The van der Waals surface area contributed by atoms with Gasteiger partial charge in [0.2, 0.25) is 0 Å². The lowest BCUT2D eigenvalue weighted by atomic mass is 9.97. The number of pyridine rings is 1. The number of carbonyl (C=O) groups is 1. The van der Waals surface area contributed by atoms with Crippen LogP contribution in [-0.2, 0) is 12.8 Å². The molecule has 5 nitrogen and oxygen atoms in total. The number of likely N-dealkylation sites (tertiary alicyclic amines) is 1. The van der Waals surface area contributed by atoms with Crippen molar-refractivity contribution in [3.8, 4) is 0 Å². The van der Waals surface area contributed by atoms with Gasteiger partial charge < -0.3 is 10.2 Å². The molecule has 0 aromatic carbocycles. The fourth-order valence-electron chi connectivity index (χ4n) is 3.38. The molecule has 6 heteroatoms. The number of rotatable bonds is 6. The molecule has 0 spiro atoms. The van der Waals surface area contributed by atoms with Crippen LogP contribution in [0, 0.1) is 6.92 Å². The van der Waals surface area contributed by atoms with Gasteiger partial charge in [-0.3, -0.25) is 4.98 Å². The third-order valence-electron chi connectivity index (χ3n) is 4.82. The summed E-state index contributed by atoms with van der Waals surface area (Å²) in [5, 5.41) is 3.10. The number of nitrogens with one attached hydrogen (secondary N) is 1. The molecule has 25 heavy (non-hydrogen) atoms. The molecule has 2 amide bonds. The molecule has 134 valence electrons. The van der Waals surface area contributed by atoms with Crippen LogP contribution in [0.2, 0.25) is 0 Å². The predicted octanol–water partition coefficient (Wildman–Crippen LogP) is 3.59. The van der Waals surface area contributed by atoms with Gasteiger partial charge in [0.1, 0.15) is 0 Å². The summed E-state index contributed by atoms with van der Waals surface area (Å²) in [6.45, 7) is 3.55. The van der Waals surface area contributed by atoms with Crippen LogP contribution < -0.4 is 5.32 Å². The van der Waals surface area contributed by atoms with E-state index in [9.17, 15) is 4.79 Å². The molecule has 0 radical (unpaired) electrons. The van der Waals surface area contributed by atoms with Crippen molar-refractivity contribution in [2.75, 3.05) is 13.1 Å². The Morgan fingerprint density at radius 1 is 1.32 bits per heavy atom. The van der Waals surface area contributed by atoms with Gasteiger partial charge in [-0.25, -0.2) is 9.78 Å². The first kappa shape index (κ1) is 17.9. The summed E-state index contributed by atoms with van der Waals surface area (Å²) in [5.74, 6) is 0. The van der Waals surface area contributed by atoms with Gasteiger partial charge >= 0.3 is 6.03 Å². The van der Waals surface area contributed by atoms with E-state index in [1.807, 2.05) is 35.7 Å². The van der Waals surface area contributed by atoms with Crippen molar-refractivity contribution >= 4 is 17.4 Å². The van der Waals surface area contributed by atoms with E-state index in [0.29, 0.717) is 12.6 Å². The van der Waals surface area contributed by atoms with Gasteiger partial charge in [-0.15, -0.1) is 11.3 Å². The molecular weight excluding hydrogens is 332 g/mol. The van der Waals surface area contributed by atoms with E-state index in [0.717, 1.165) is 50.0 Å². The Morgan fingerprint density at radius 2 is 2.24 bits per heavy atom. The Hall–Kier alpha value is -1.95. The lowest BCUT2D eigenvalue weighted by Crippen LogP contribution is -2.49. The Bertz CT molecular complexity index is 673. The van der Waals surface area contributed by atoms with E-state index < -0.39 is 0 Å². The number of hydrogen-bond donors (Lipinski definition) is 1. The zero-order chi connectivity index (χ0) is 17.5. The number of aromatic nitrogens is 2. The van der Waals surface area contributed by atoms with E-state index in [4.69, 9.17) is 0 Å². The zero-order valence-electron chi connectivity index (χ0n) is 14.8. The highest BCUT2D eigenvalue weighted by Crippen LogP contribution is 2.21. The van der Waals surface area contributed by atoms with Gasteiger partial charge in [-0.1, -0.05) is 6.07 Å². The number of carbonyl (C=O) groups excluding carboxylic acids is 1. The Kier molecular flexibility index (Phi) is 6.39. The van der Waals surface area contributed by atoms with Crippen LogP contribution in [0.4, 0.5) is 4.79 Å². The topological polar surface area (TPSA) is 58.1 Å². The minimum Gasteiger partial charge on any atom is -0.338 e. The normalized spacial score (nSPS) is 17.5. The third-order valence-corrected chi connectivity index (χ3v) is 5.82. The highest BCUT2D eigenvalue weighted by Gasteiger charge is 2.26. The molecule has 0 aliphatic carbocycles. The van der Waals surface area contributed by atoms with Gasteiger partial charge in [0.15, 0.2) is 0 Å². The summed E-state index contributed by atoms with van der Waals surface area (Å²) in [6, 6.07) is 6.42. The van der Waals surface area contributed by atoms with E-state index in [-0.39, 0.29) is 6.03 Å². The average molecular weight is 359 g/mol. The monoisotopic (exact) mass is 358 g/mol. The maximum atomic E-state index is 12.6.